The van der Waals surface area contributed by atoms with E-state index < -0.39 is 0 Å². The molecule has 0 aliphatic carbocycles. The van der Waals surface area contributed by atoms with E-state index in [9.17, 15) is 0 Å². The Kier molecular flexibility index (Phi) is 7.41. The second kappa shape index (κ2) is 8.81. The molecular formula is C19H30N2. The van der Waals surface area contributed by atoms with Crippen molar-refractivity contribution in [2.45, 2.75) is 44.7 Å². The Morgan fingerprint density at radius 3 is 2.24 bits per heavy atom. The number of rotatable bonds is 10. The zero-order valence-corrected chi connectivity index (χ0v) is 13.6. The number of nitrogens with two attached hydrogens (primary N) is 1. The first-order valence-electron chi connectivity index (χ1n) is 7.90. The number of benzene rings is 1. The first kappa shape index (κ1) is 17.7. The van der Waals surface area contributed by atoms with Gasteiger partial charge in [-0.05, 0) is 18.9 Å². The van der Waals surface area contributed by atoms with Crippen LogP contribution in [-0.2, 0) is 5.54 Å². The number of hydrogen-bond donors (Lipinski definition) is 1. The van der Waals surface area contributed by atoms with Gasteiger partial charge < -0.3 is 5.73 Å². The number of hydrogen-bond acceptors (Lipinski definition) is 2. The highest BCUT2D eigenvalue weighted by molar-refractivity contribution is 5.26. The average molecular weight is 286 g/mol. The van der Waals surface area contributed by atoms with Crippen LogP contribution in [0.3, 0.4) is 0 Å². The Bertz CT molecular complexity index is 416. The Morgan fingerprint density at radius 2 is 1.76 bits per heavy atom. The fraction of sp³-hybridized carbons (Fsp3) is 0.474. The molecule has 2 N–H and O–H groups in total. The van der Waals surface area contributed by atoms with Crippen LogP contribution in [0.4, 0.5) is 0 Å². The van der Waals surface area contributed by atoms with Crippen LogP contribution in [0.2, 0.25) is 0 Å². The Balaban J connectivity index is 3.09. The van der Waals surface area contributed by atoms with Gasteiger partial charge in [0.15, 0.2) is 0 Å². The van der Waals surface area contributed by atoms with Crippen molar-refractivity contribution in [1.29, 1.82) is 0 Å². The van der Waals surface area contributed by atoms with E-state index in [0.717, 1.165) is 32.4 Å². The maximum Gasteiger partial charge on any atom is 0.0564 e. The third-order valence-corrected chi connectivity index (χ3v) is 4.28. The molecular weight excluding hydrogens is 256 g/mol. The lowest BCUT2D eigenvalue weighted by atomic mass is 9.79. The molecule has 1 aromatic carbocycles. The molecule has 2 unspecified atom stereocenters. The van der Waals surface area contributed by atoms with E-state index in [4.69, 9.17) is 5.73 Å². The summed E-state index contributed by atoms with van der Waals surface area (Å²) in [4.78, 5) is 2.34. The monoisotopic (exact) mass is 286 g/mol. The molecule has 2 atom stereocenters. The van der Waals surface area contributed by atoms with Crippen molar-refractivity contribution in [2.75, 3.05) is 13.1 Å². The summed E-state index contributed by atoms with van der Waals surface area (Å²) >= 11 is 0. The van der Waals surface area contributed by atoms with Crippen LogP contribution in [0.15, 0.2) is 55.6 Å². The molecule has 0 bridgehead atoms. The van der Waals surface area contributed by atoms with Gasteiger partial charge in [-0.2, -0.15) is 0 Å². The summed E-state index contributed by atoms with van der Waals surface area (Å²) in [6.07, 6.45) is 7.14. The topological polar surface area (TPSA) is 29.3 Å². The van der Waals surface area contributed by atoms with Gasteiger partial charge in [0.25, 0.3) is 0 Å². The van der Waals surface area contributed by atoms with Gasteiger partial charge in [-0.25, -0.2) is 0 Å². The standard InChI is InChI=1S/C19H30N2/c1-5-8-14-19(20,18-12-10-9-11-13-18)17(4)21(15-6-2)16-7-3/h6-7,9-13,17H,2-3,5,8,14-16,20H2,1,4H3. The predicted molar refractivity (Wildman–Crippen MR) is 93.3 cm³/mol. The van der Waals surface area contributed by atoms with Gasteiger partial charge in [0.05, 0.1) is 5.54 Å². The van der Waals surface area contributed by atoms with Gasteiger partial charge in [-0.3, -0.25) is 4.90 Å². The van der Waals surface area contributed by atoms with Gasteiger partial charge in [0, 0.05) is 19.1 Å². The highest BCUT2D eigenvalue weighted by Crippen LogP contribution is 2.31. The van der Waals surface area contributed by atoms with E-state index in [2.05, 4.69) is 56.2 Å². The summed E-state index contributed by atoms with van der Waals surface area (Å²) < 4.78 is 0. The maximum atomic E-state index is 6.90. The predicted octanol–water partition coefficient (Wildman–Crippen LogP) is 4.09. The minimum Gasteiger partial charge on any atom is -0.320 e. The molecule has 0 aliphatic heterocycles. The van der Waals surface area contributed by atoms with Crippen LogP contribution in [0.5, 0.6) is 0 Å². The van der Waals surface area contributed by atoms with Crippen molar-refractivity contribution in [2.24, 2.45) is 5.73 Å². The molecule has 0 aromatic heterocycles. The molecule has 1 rings (SSSR count). The molecule has 21 heavy (non-hydrogen) atoms. The normalized spacial score (nSPS) is 15.4. The minimum atomic E-state index is -0.344. The van der Waals surface area contributed by atoms with Crippen molar-refractivity contribution in [3.8, 4) is 0 Å². The fourth-order valence-corrected chi connectivity index (χ4v) is 2.86. The molecule has 2 nitrogen and oxygen atoms in total. The number of nitrogens with zero attached hydrogens (tertiary/aromatic N) is 1. The van der Waals surface area contributed by atoms with Crippen LogP contribution in [0.25, 0.3) is 0 Å². The molecule has 0 fully saturated rings. The molecule has 1 aromatic rings. The van der Waals surface area contributed by atoms with Crippen molar-refractivity contribution in [3.63, 3.8) is 0 Å². The maximum absolute atomic E-state index is 6.90. The van der Waals surface area contributed by atoms with Crippen LogP contribution < -0.4 is 5.73 Å². The van der Waals surface area contributed by atoms with Gasteiger partial charge in [-0.1, -0.05) is 62.2 Å². The molecule has 0 spiro atoms. The zero-order valence-electron chi connectivity index (χ0n) is 13.6. The second-order valence-electron chi connectivity index (χ2n) is 5.72. The molecule has 0 amide bonds. The molecule has 0 aliphatic rings. The second-order valence-corrected chi connectivity index (χ2v) is 5.72. The third kappa shape index (κ3) is 4.55. The van der Waals surface area contributed by atoms with Crippen LogP contribution in [0.1, 0.15) is 38.7 Å². The molecule has 0 saturated heterocycles. The third-order valence-electron chi connectivity index (χ3n) is 4.28. The lowest BCUT2D eigenvalue weighted by molar-refractivity contribution is 0.148. The van der Waals surface area contributed by atoms with E-state index in [0.29, 0.717) is 0 Å². The largest absolute Gasteiger partial charge is 0.320 e. The van der Waals surface area contributed by atoms with Crippen molar-refractivity contribution in [1.82, 2.24) is 4.90 Å². The van der Waals surface area contributed by atoms with Gasteiger partial charge >= 0.3 is 0 Å². The van der Waals surface area contributed by atoms with E-state index in [1.807, 2.05) is 18.2 Å². The highest BCUT2D eigenvalue weighted by atomic mass is 15.2. The van der Waals surface area contributed by atoms with Gasteiger partial charge in [-0.15, -0.1) is 13.2 Å². The summed E-state index contributed by atoms with van der Waals surface area (Å²) in [5.74, 6) is 0. The van der Waals surface area contributed by atoms with E-state index in [1.165, 1.54) is 5.56 Å². The summed E-state index contributed by atoms with van der Waals surface area (Å²) in [7, 11) is 0. The van der Waals surface area contributed by atoms with E-state index >= 15 is 0 Å². The molecule has 0 radical (unpaired) electrons. The minimum absolute atomic E-state index is 0.224. The first-order chi connectivity index (χ1) is 10.1. The first-order valence-corrected chi connectivity index (χ1v) is 7.90. The smallest absolute Gasteiger partial charge is 0.0564 e. The zero-order chi connectivity index (χ0) is 15.7. The number of unbranched alkanes of at least 4 members (excludes halogenated alkanes) is 1. The van der Waals surface area contributed by atoms with Crippen molar-refractivity contribution >= 4 is 0 Å². The SMILES string of the molecule is C=CCN(CC=C)C(C)C(N)(CCCC)c1ccccc1. The van der Waals surface area contributed by atoms with Crippen molar-refractivity contribution in [3.05, 3.63) is 61.2 Å². The average Bonchev–Trinajstić information content (AvgIpc) is 2.52. The fourth-order valence-electron chi connectivity index (χ4n) is 2.86. The van der Waals surface area contributed by atoms with Crippen LogP contribution in [-0.4, -0.2) is 24.0 Å². The van der Waals surface area contributed by atoms with E-state index in [-0.39, 0.29) is 11.6 Å². The van der Waals surface area contributed by atoms with Crippen LogP contribution in [0, 0.1) is 0 Å². The summed E-state index contributed by atoms with van der Waals surface area (Å²) in [6, 6.07) is 10.7. The molecule has 116 valence electrons. The van der Waals surface area contributed by atoms with Gasteiger partial charge in [0.2, 0.25) is 0 Å². The van der Waals surface area contributed by atoms with Gasteiger partial charge in [0.1, 0.15) is 0 Å². The summed E-state index contributed by atoms with van der Waals surface area (Å²) in [5.41, 5.74) is 7.77. The lowest BCUT2D eigenvalue weighted by Crippen LogP contribution is -2.55. The van der Waals surface area contributed by atoms with E-state index in [1.54, 1.807) is 0 Å². The Morgan fingerprint density at radius 1 is 1.19 bits per heavy atom. The lowest BCUT2D eigenvalue weighted by Gasteiger charge is -2.42. The summed E-state index contributed by atoms with van der Waals surface area (Å²) in [6.45, 7) is 13.8. The highest BCUT2D eigenvalue weighted by Gasteiger charge is 2.35. The molecule has 2 heteroatoms. The molecule has 0 saturated carbocycles. The van der Waals surface area contributed by atoms with Crippen LogP contribution >= 0.6 is 0 Å². The quantitative estimate of drug-likeness (QED) is 0.656. The molecule has 0 heterocycles. The Labute approximate surface area is 130 Å². The Hall–Kier alpha value is -1.38. The summed E-state index contributed by atoms with van der Waals surface area (Å²) in [5, 5.41) is 0. The van der Waals surface area contributed by atoms with Crippen molar-refractivity contribution < 1.29 is 0 Å².